The van der Waals surface area contributed by atoms with E-state index in [9.17, 15) is 9.18 Å². The van der Waals surface area contributed by atoms with Crippen LogP contribution in [0.2, 0.25) is 0 Å². The second-order valence-electron chi connectivity index (χ2n) is 5.16. The van der Waals surface area contributed by atoms with E-state index in [0.29, 0.717) is 25.4 Å². The molecule has 1 aliphatic carbocycles. The van der Waals surface area contributed by atoms with E-state index in [1.165, 1.54) is 12.1 Å². The summed E-state index contributed by atoms with van der Waals surface area (Å²) in [5.74, 6) is -0.200. The van der Waals surface area contributed by atoms with Crippen LogP contribution in [-0.2, 0) is 11.2 Å². The summed E-state index contributed by atoms with van der Waals surface area (Å²) in [6.45, 7) is 2.54. The molecule has 112 valence electrons. The molecule has 1 atom stereocenters. The zero-order chi connectivity index (χ0) is 13.8. The highest BCUT2D eigenvalue weighted by molar-refractivity contribution is 5.85. The molecule has 1 aliphatic rings. The lowest BCUT2D eigenvalue weighted by Gasteiger charge is -2.25. The maximum atomic E-state index is 13.1. The van der Waals surface area contributed by atoms with Gasteiger partial charge in [0.1, 0.15) is 5.82 Å². The summed E-state index contributed by atoms with van der Waals surface area (Å²) >= 11 is 0. The number of benzene rings is 1. The van der Waals surface area contributed by atoms with Crippen LogP contribution in [-0.4, -0.2) is 29.4 Å². The van der Waals surface area contributed by atoms with Gasteiger partial charge < -0.3 is 10.6 Å². The maximum absolute atomic E-state index is 13.1. The van der Waals surface area contributed by atoms with Crippen LogP contribution < -0.4 is 5.73 Å². The van der Waals surface area contributed by atoms with Crippen molar-refractivity contribution in [3.63, 3.8) is 0 Å². The smallest absolute Gasteiger partial charge is 0.239 e. The van der Waals surface area contributed by atoms with Crippen molar-refractivity contribution < 1.29 is 9.18 Å². The Balaban J connectivity index is 0.00000200. The number of hydrogen-bond donors (Lipinski definition) is 1. The molecule has 1 saturated carbocycles. The summed E-state index contributed by atoms with van der Waals surface area (Å²) in [6, 6.07) is 6.48. The van der Waals surface area contributed by atoms with Crippen LogP contribution >= 0.6 is 12.4 Å². The molecule has 0 aromatic heterocycles. The minimum Gasteiger partial charge on any atom is -0.338 e. The fourth-order valence-electron chi connectivity index (χ4n) is 2.19. The molecule has 1 amide bonds. The van der Waals surface area contributed by atoms with E-state index >= 15 is 0 Å². The number of hydrogen-bond acceptors (Lipinski definition) is 2. The van der Waals surface area contributed by atoms with Gasteiger partial charge in [0, 0.05) is 12.6 Å². The minimum atomic E-state index is -0.409. The van der Waals surface area contributed by atoms with Gasteiger partial charge in [-0.25, -0.2) is 4.39 Å². The summed E-state index contributed by atoms with van der Waals surface area (Å²) in [4.78, 5) is 14.0. The summed E-state index contributed by atoms with van der Waals surface area (Å²) in [5, 5.41) is 0. The topological polar surface area (TPSA) is 46.3 Å². The van der Waals surface area contributed by atoms with Gasteiger partial charge in [-0.3, -0.25) is 4.79 Å². The Morgan fingerprint density at radius 3 is 2.75 bits per heavy atom. The Labute approximate surface area is 125 Å². The molecule has 1 aromatic carbocycles. The quantitative estimate of drug-likeness (QED) is 0.877. The molecule has 0 aliphatic heterocycles. The molecule has 1 aromatic rings. The fourth-order valence-corrected chi connectivity index (χ4v) is 2.19. The molecular formula is C15H22ClFN2O. The van der Waals surface area contributed by atoms with E-state index in [0.717, 1.165) is 18.4 Å². The first kappa shape index (κ1) is 16.9. The third kappa shape index (κ3) is 4.46. The number of amides is 1. The molecule has 2 rings (SSSR count). The molecule has 0 bridgehead atoms. The van der Waals surface area contributed by atoms with Gasteiger partial charge in [-0.05, 0) is 43.4 Å². The molecule has 0 unspecified atom stereocenters. The predicted molar refractivity (Wildman–Crippen MR) is 80.4 cm³/mol. The van der Waals surface area contributed by atoms with Crippen LogP contribution in [0.15, 0.2) is 24.3 Å². The number of halogens is 2. The Bertz CT molecular complexity index is 451. The number of nitrogens with two attached hydrogens (primary N) is 1. The first-order chi connectivity index (χ1) is 9.11. The number of nitrogens with zero attached hydrogens (tertiary/aromatic N) is 1. The van der Waals surface area contributed by atoms with E-state index in [4.69, 9.17) is 5.73 Å². The third-order valence-electron chi connectivity index (χ3n) is 3.56. The number of carbonyl (C=O) groups is 1. The van der Waals surface area contributed by atoms with Gasteiger partial charge in [0.25, 0.3) is 0 Å². The van der Waals surface area contributed by atoms with Gasteiger partial charge in [-0.15, -0.1) is 12.4 Å². The highest BCUT2D eigenvalue weighted by Gasteiger charge is 2.33. The highest BCUT2D eigenvalue weighted by atomic mass is 35.5. The SMILES string of the molecule is CC[C@H](N)C(=O)N(CCc1cccc(F)c1)C1CC1.Cl. The number of rotatable bonds is 6. The first-order valence-electron chi connectivity index (χ1n) is 6.92. The average Bonchev–Trinajstić information content (AvgIpc) is 3.22. The van der Waals surface area contributed by atoms with E-state index in [1.807, 2.05) is 17.9 Å². The van der Waals surface area contributed by atoms with Crippen LogP contribution in [0.25, 0.3) is 0 Å². The van der Waals surface area contributed by atoms with E-state index in [-0.39, 0.29) is 24.1 Å². The molecule has 0 heterocycles. The van der Waals surface area contributed by atoms with Crippen LogP contribution in [0.5, 0.6) is 0 Å². The van der Waals surface area contributed by atoms with E-state index in [2.05, 4.69) is 0 Å². The second kappa shape index (κ2) is 7.60. The summed E-state index contributed by atoms with van der Waals surface area (Å²) in [6.07, 6.45) is 3.45. The number of carbonyl (C=O) groups excluding carboxylic acids is 1. The van der Waals surface area contributed by atoms with Gasteiger partial charge in [0.15, 0.2) is 0 Å². The molecule has 0 radical (unpaired) electrons. The highest BCUT2D eigenvalue weighted by Crippen LogP contribution is 2.27. The molecule has 0 saturated heterocycles. The zero-order valence-electron chi connectivity index (χ0n) is 11.7. The van der Waals surface area contributed by atoms with Crippen molar-refractivity contribution in [2.45, 2.75) is 44.7 Å². The van der Waals surface area contributed by atoms with E-state index in [1.54, 1.807) is 6.07 Å². The van der Waals surface area contributed by atoms with Gasteiger partial charge in [-0.2, -0.15) is 0 Å². The molecule has 2 N–H and O–H groups in total. The van der Waals surface area contributed by atoms with Crippen LogP contribution in [0.4, 0.5) is 4.39 Å². The monoisotopic (exact) mass is 300 g/mol. The van der Waals surface area contributed by atoms with Gasteiger partial charge >= 0.3 is 0 Å². The van der Waals surface area contributed by atoms with Crippen molar-refractivity contribution in [2.24, 2.45) is 5.73 Å². The molecular weight excluding hydrogens is 279 g/mol. The lowest BCUT2D eigenvalue weighted by atomic mass is 10.1. The van der Waals surface area contributed by atoms with Gasteiger partial charge in [-0.1, -0.05) is 19.1 Å². The largest absolute Gasteiger partial charge is 0.338 e. The molecule has 20 heavy (non-hydrogen) atoms. The van der Waals surface area contributed by atoms with Crippen molar-refractivity contribution >= 4 is 18.3 Å². The minimum absolute atomic E-state index is 0. The Morgan fingerprint density at radius 1 is 1.50 bits per heavy atom. The van der Waals surface area contributed by atoms with Crippen LogP contribution in [0, 0.1) is 5.82 Å². The molecule has 3 nitrogen and oxygen atoms in total. The standard InChI is InChI=1S/C15H21FN2O.ClH/c1-2-14(17)15(19)18(13-6-7-13)9-8-11-4-3-5-12(16)10-11;/h3-5,10,13-14H,2,6-9,17H2,1H3;1H/t14-;/m0./s1. The molecule has 0 spiro atoms. The van der Waals surface area contributed by atoms with Crippen molar-refractivity contribution in [2.75, 3.05) is 6.54 Å². The maximum Gasteiger partial charge on any atom is 0.239 e. The normalized spacial score (nSPS) is 15.3. The lowest BCUT2D eigenvalue weighted by molar-refractivity contribution is -0.133. The average molecular weight is 301 g/mol. The zero-order valence-corrected chi connectivity index (χ0v) is 12.5. The van der Waals surface area contributed by atoms with Gasteiger partial charge in [0.05, 0.1) is 6.04 Å². The van der Waals surface area contributed by atoms with Crippen LogP contribution in [0.3, 0.4) is 0 Å². The van der Waals surface area contributed by atoms with Crippen molar-refractivity contribution in [3.05, 3.63) is 35.6 Å². The predicted octanol–water partition coefficient (Wildman–Crippen LogP) is 2.52. The van der Waals surface area contributed by atoms with Gasteiger partial charge in [0.2, 0.25) is 5.91 Å². The van der Waals surface area contributed by atoms with Crippen molar-refractivity contribution in [3.8, 4) is 0 Å². The third-order valence-corrected chi connectivity index (χ3v) is 3.56. The van der Waals surface area contributed by atoms with Crippen LogP contribution in [0.1, 0.15) is 31.7 Å². The molecule has 5 heteroatoms. The lowest BCUT2D eigenvalue weighted by Crippen LogP contribution is -2.45. The Kier molecular flexibility index (Phi) is 6.43. The Morgan fingerprint density at radius 2 is 2.20 bits per heavy atom. The van der Waals surface area contributed by atoms with E-state index < -0.39 is 6.04 Å². The Hall–Kier alpha value is -1.13. The fraction of sp³-hybridized carbons (Fsp3) is 0.533. The second-order valence-corrected chi connectivity index (χ2v) is 5.16. The molecule has 1 fully saturated rings. The summed E-state index contributed by atoms with van der Waals surface area (Å²) < 4.78 is 13.1. The summed E-state index contributed by atoms with van der Waals surface area (Å²) in [7, 11) is 0. The van der Waals surface area contributed by atoms with Crippen molar-refractivity contribution in [1.82, 2.24) is 4.90 Å². The van der Waals surface area contributed by atoms with Crippen molar-refractivity contribution in [1.29, 1.82) is 0 Å². The first-order valence-corrected chi connectivity index (χ1v) is 6.92. The summed E-state index contributed by atoms with van der Waals surface area (Å²) in [5.41, 5.74) is 6.74.